The molecule has 5 nitrogen and oxygen atoms in total. The minimum atomic E-state index is -0.235. The first-order valence-electron chi connectivity index (χ1n) is 8.52. The molecule has 26 heavy (non-hydrogen) atoms. The zero-order valence-corrected chi connectivity index (χ0v) is 14.1. The molecule has 0 radical (unpaired) electrons. The molecule has 1 aliphatic heterocycles. The summed E-state index contributed by atoms with van der Waals surface area (Å²) in [6.07, 6.45) is 1.64. The zero-order valence-electron chi connectivity index (χ0n) is 14.1. The molecule has 2 amide bonds. The average Bonchev–Trinajstić information content (AvgIpc) is 3.29. The van der Waals surface area contributed by atoms with E-state index in [-0.39, 0.29) is 17.9 Å². The summed E-state index contributed by atoms with van der Waals surface area (Å²) < 4.78 is 5.56. The molecule has 2 aromatic carbocycles. The maximum Gasteiger partial charge on any atom is 0.261 e. The van der Waals surface area contributed by atoms with Crippen LogP contribution in [0.2, 0.25) is 0 Å². The minimum Gasteiger partial charge on any atom is -0.467 e. The summed E-state index contributed by atoms with van der Waals surface area (Å²) in [5.74, 6) is 0.321. The largest absolute Gasteiger partial charge is 0.467 e. The van der Waals surface area contributed by atoms with Crippen molar-refractivity contribution in [2.24, 2.45) is 0 Å². The summed E-state index contributed by atoms with van der Waals surface area (Å²) in [7, 11) is 0. The van der Waals surface area contributed by atoms with E-state index in [9.17, 15) is 9.59 Å². The van der Waals surface area contributed by atoms with E-state index >= 15 is 0 Å². The Labute approximate surface area is 151 Å². The van der Waals surface area contributed by atoms with Crippen LogP contribution in [0, 0.1) is 0 Å². The lowest BCUT2D eigenvalue weighted by molar-refractivity contribution is 0.0655. The van der Waals surface area contributed by atoms with Gasteiger partial charge in [-0.15, -0.1) is 0 Å². The van der Waals surface area contributed by atoms with Crippen molar-refractivity contribution in [2.75, 3.05) is 13.1 Å². The molecule has 4 rings (SSSR count). The van der Waals surface area contributed by atoms with E-state index in [1.165, 1.54) is 4.90 Å². The number of fused-ring (bicyclic) bond motifs is 1. The number of benzene rings is 2. The molecular weight excluding hydrogens is 328 g/mol. The molecule has 1 N–H and O–H groups in total. The fourth-order valence-corrected chi connectivity index (χ4v) is 3.25. The van der Waals surface area contributed by atoms with Crippen molar-refractivity contribution in [2.45, 2.75) is 6.04 Å². The third-order valence-electron chi connectivity index (χ3n) is 4.52. The SMILES string of the molecule is O=C1c2ccccc2C(=O)N1CCN[C@H](c1ccccc1)c1ccco1. The summed E-state index contributed by atoms with van der Waals surface area (Å²) >= 11 is 0. The van der Waals surface area contributed by atoms with Gasteiger partial charge in [0.05, 0.1) is 23.4 Å². The maximum atomic E-state index is 12.4. The highest BCUT2D eigenvalue weighted by atomic mass is 16.3. The second-order valence-corrected chi connectivity index (χ2v) is 6.12. The lowest BCUT2D eigenvalue weighted by Crippen LogP contribution is -2.37. The van der Waals surface area contributed by atoms with E-state index in [1.807, 2.05) is 42.5 Å². The van der Waals surface area contributed by atoms with Crippen molar-refractivity contribution in [1.29, 1.82) is 0 Å². The number of hydrogen-bond acceptors (Lipinski definition) is 4. The van der Waals surface area contributed by atoms with Crippen LogP contribution in [0.5, 0.6) is 0 Å². The van der Waals surface area contributed by atoms with Crippen molar-refractivity contribution < 1.29 is 14.0 Å². The number of carbonyl (C=O) groups is 2. The lowest BCUT2D eigenvalue weighted by Gasteiger charge is -2.20. The second kappa shape index (κ2) is 6.98. The molecule has 2 heterocycles. The Bertz CT molecular complexity index is 884. The van der Waals surface area contributed by atoms with E-state index in [0.717, 1.165) is 11.3 Å². The van der Waals surface area contributed by atoms with Crippen LogP contribution in [0.4, 0.5) is 0 Å². The van der Waals surface area contributed by atoms with Crippen molar-refractivity contribution >= 4 is 11.8 Å². The third-order valence-corrected chi connectivity index (χ3v) is 4.52. The highest BCUT2D eigenvalue weighted by molar-refractivity contribution is 6.21. The second-order valence-electron chi connectivity index (χ2n) is 6.12. The first kappa shape index (κ1) is 16.3. The minimum absolute atomic E-state index is 0.138. The standard InChI is InChI=1S/C21H18N2O3/c24-20-16-9-4-5-10-17(16)21(25)23(20)13-12-22-19(18-11-6-14-26-18)15-7-2-1-3-8-15/h1-11,14,19,22H,12-13H2/t19-/m1/s1. The Morgan fingerprint density at radius 2 is 1.50 bits per heavy atom. The molecular formula is C21H18N2O3. The highest BCUT2D eigenvalue weighted by Gasteiger charge is 2.34. The molecule has 0 fully saturated rings. The molecule has 0 bridgehead atoms. The number of nitrogens with zero attached hydrogens (tertiary/aromatic N) is 1. The van der Waals surface area contributed by atoms with Gasteiger partial charge in [0.2, 0.25) is 0 Å². The predicted molar refractivity (Wildman–Crippen MR) is 96.8 cm³/mol. The fourth-order valence-electron chi connectivity index (χ4n) is 3.25. The molecule has 3 aromatic rings. The van der Waals surface area contributed by atoms with Gasteiger partial charge in [-0.25, -0.2) is 0 Å². The molecule has 1 atom stereocenters. The summed E-state index contributed by atoms with van der Waals surface area (Å²) in [6.45, 7) is 0.766. The van der Waals surface area contributed by atoms with Gasteiger partial charge in [-0.1, -0.05) is 42.5 Å². The first-order valence-corrected chi connectivity index (χ1v) is 8.52. The van der Waals surface area contributed by atoms with Crippen LogP contribution < -0.4 is 5.32 Å². The van der Waals surface area contributed by atoms with E-state index < -0.39 is 0 Å². The molecule has 1 aliphatic rings. The van der Waals surface area contributed by atoms with Crippen molar-refractivity contribution in [3.8, 4) is 0 Å². The molecule has 0 saturated heterocycles. The monoisotopic (exact) mass is 346 g/mol. The van der Waals surface area contributed by atoms with E-state index in [1.54, 1.807) is 30.5 Å². The highest BCUT2D eigenvalue weighted by Crippen LogP contribution is 2.24. The third kappa shape index (κ3) is 2.93. The Morgan fingerprint density at radius 3 is 2.12 bits per heavy atom. The van der Waals surface area contributed by atoms with Gasteiger partial charge < -0.3 is 9.73 Å². The van der Waals surface area contributed by atoms with Gasteiger partial charge in [-0.05, 0) is 29.8 Å². The van der Waals surface area contributed by atoms with Gasteiger partial charge in [-0.2, -0.15) is 0 Å². The van der Waals surface area contributed by atoms with E-state index in [0.29, 0.717) is 24.2 Å². The summed E-state index contributed by atoms with van der Waals surface area (Å²) in [6, 6.07) is 20.5. The van der Waals surface area contributed by atoms with Gasteiger partial charge in [0.1, 0.15) is 5.76 Å². The van der Waals surface area contributed by atoms with Gasteiger partial charge in [0.25, 0.3) is 11.8 Å². The van der Waals surface area contributed by atoms with Crippen LogP contribution in [-0.2, 0) is 0 Å². The van der Waals surface area contributed by atoms with Crippen LogP contribution in [0.1, 0.15) is 38.1 Å². The van der Waals surface area contributed by atoms with Gasteiger partial charge in [0.15, 0.2) is 0 Å². The topological polar surface area (TPSA) is 62.6 Å². The number of carbonyl (C=O) groups excluding carboxylic acids is 2. The maximum absolute atomic E-state index is 12.4. The number of amides is 2. The van der Waals surface area contributed by atoms with Crippen molar-refractivity contribution in [1.82, 2.24) is 10.2 Å². The summed E-state index contributed by atoms with van der Waals surface area (Å²) in [5, 5.41) is 3.39. The zero-order chi connectivity index (χ0) is 17.9. The van der Waals surface area contributed by atoms with Crippen molar-refractivity contribution in [3.63, 3.8) is 0 Å². The van der Waals surface area contributed by atoms with Crippen molar-refractivity contribution in [3.05, 3.63) is 95.4 Å². The number of imide groups is 1. The average molecular weight is 346 g/mol. The van der Waals surface area contributed by atoms with Crippen LogP contribution >= 0.6 is 0 Å². The molecule has 5 heteroatoms. The van der Waals surface area contributed by atoms with Crippen LogP contribution in [0.25, 0.3) is 0 Å². The molecule has 0 unspecified atom stereocenters. The van der Waals surface area contributed by atoms with Crippen LogP contribution in [-0.4, -0.2) is 29.8 Å². The molecule has 1 aromatic heterocycles. The quantitative estimate of drug-likeness (QED) is 0.696. The Balaban J connectivity index is 1.46. The normalized spacial score (nSPS) is 14.5. The summed E-state index contributed by atoms with van der Waals surface area (Å²) in [4.78, 5) is 26.2. The van der Waals surface area contributed by atoms with Crippen LogP contribution in [0.15, 0.2) is 77.4 Å². The molecule has 0 spiro atoms. The van der Waals surface area contributed by atoms with Gasteiger partial charge in [-0.3, -0.25) is 14.5 Å². The van der Waals surface area contributed by atoms with E-state index in [4.69, 9.17) is 4.42 Å². The Kier molecular flexibility index (Phi) is 4.37. The van der Waals surface area contributed by atoms with E-state index in [2.05, 4.69) is 5.32 Å². The predicted octanol–water partition coefficient (Wildman–Crippen LogP) is 3.25. The Hall–Kier alpha value is -3.18. The smallest absolute Gasteiger partial charge is 0.261 e. The number of furan rings is 1. The lowest BCUT2D eigenvalue weighted by atomic mass is 10.0. The number of rotatable bonds is 6. The first-order chi connectivity index (χ1) is 12.8. The number of nitrogens with one attached hydrogen (secondary N) is 1. The van der Waals surface area contributed by atoms with Gasteiger partial charge in [0, 0.05) is 13.1 Å². The molecule has 0 aliphatic carbocycles. The Morgan fingerprint density at radius 1 is 0.846 bits per heavy atom. The van der Waals surface area contributed by atoms with Crippen LogP contribution in [0.3, 0.4) is 0 Å². The molecule has 130 valence electrons. The fraction of sp³-hybridized carbons (Fsp3) is 0.143. The molecule has 0 saturated carbocycles. The van der Waals surface area contributed by atoms with Gasteiger partial charge >= 0.3 is 0 Å². The number of hydrogen-bond donors (Lipinski definition) is 1. The summed E-state index contributed by atoms with van der Waals surface area (Å²) in [5.41, 5.74) is 2.01.